The molecule has 0 atom stereocenters. The van der Waals surface area contributed by atoms with Gasteiger partial charge in [-0.25, -0.2) is 0 Å². The molecule has 0 aromatic carbocycles. The number of hydrogen-bond acceptors (Lipinski definition) is 4. The third kappa shape index (κ3) is 5.17. The van der Waals surface area contributed by atoms with Crippen LogP contribution in [0.1, 0.15) is 47.7 Å². The molecular formula is C19H25N3O3. The Kier molecular flexibility index (Phi) is 6.33. The van der Waals surface area contributed by atoms with Gasteiger partial charge in [-0.05, 0) is 51.5 Å². The molecule has 0 aliphatic heterocycles. The van der Waals surface area contributed by atoms with Crippen molar-refractivity contribution < 1.29 is 14.0 Å². The van der Waals surface area contributed by atoms with Crippen molar-refractivity contribution in [1.29, 1.82) is 0 Å². The molecule has 0 saturated carbocycles. The first-order valence-corrected chi connectivity index (χ1v) is 8.42. The second-order valence-electron chi connectivity index (χ2n) is 6.30. The second kappa shape index (κ2) is 8.46. The Bertz CT molecular complexity index is 723. The normalized spacial score (nSPS) is 10.8. The summed E-state index contributed by atoms with van der Waals surface area (Å²) in [4.78, 5) is 30.5. The number of amides is 2. The van der Waals surface area contributed by atoms with Gasteiger partial charge in [0, 0.05) is 37.9 Å². The Labute approximate surface area is 148 Å². The van der Waals surface area contributed by atoms with Gasteiger partial charge in [-0.1, -0.05) is 0 Å². The molecule has 2 heterocycles. The molecule has 0 fully saturated rings. The van der Waals surface area contributed by atoms with Crippen LogP contribution < -0.4 is 5.32 Å². The fourth-order valence-electron chi connectivity index (χ4n) is 2.60. The average molecular weight is 343 g/mol. The van der Waals surface area contributed by atoms with Crippen LogP contribution >= 0.6 is 0 Å². The monoisotopic (exact) mass is 343 g/mol. The van der Waals surface area contributed by atoms with Crippen LogP contribution in [0.4, 0.5) is 0 Å². The molecule has 0 unspecified atom stereocenters. The quantitative estimate of drug-likeness (QED) is 0.839. The first-order valence-electron chi connectivity index (χ1n) is 8.42. The van der Waals surface area contributed by atoms with E-state index in [1.807, 2.05) is 32.9 Å². The second-order valence-corrected chi connectivity index (χ2v) is 6.30. The molecule has 1 N–H and O–H groups in total. The molecule has 134 valence electrons. The Hall–Kier alpha value is -2.63. The van der Waals surface area contributed by atoms with Crippen LogP contribution in [-0.4, -0.2) is 34.3 Å². The van der Waals surface area contributed by atoms with Gasteiger partial charge in [-0.3, -0.25) is 14.6 Å². The molecule has 2 aromatic heterocycles. The summed E-state index contributed by atoms with van der Waals surface area (Å²) in [6, 6.07) is 5.45. The van der Waals surface area contributed by atoms with Crippen LogP contribution in [0.25, 0.3) is 0 Å². The van der Waals surface area contributed by atoms with E-state index in [1.165, 1.54) is 0 Å². The maximum absolute atomic E-state index is 12.7. The van der Waals surface area contributed by atoms with Gasteiger partial charge in [0.1, 0.15) is 11.5 Å². The van der Waals surface area contributed by atoms with E-state index in [4.69, 9.17) is 4.42 Å². The van der Waals surface area contributed by atoms with Crippen molar-refractivity contribution in [3.63, 3.8) is 0 Å². The summed E-state index contributed by atoms with van der Waals surface area (Å²) >= 11 is 0. The molecule has 6 heteroatoms. The van der Waals surface area contributed by atoms with Crippen molar-refractivity contribution in [2.24, 2.45) is 0 Å². The maximum atomic E-state index is 12.7. The zero-order valence-electron chi connectivity index (χ0n) is 15.2. The lowest BCUT2D eigenvalue weighted by Gasteiger charge is -2.26. The van der Waals surface area contributed by atoms with Gasteiger partial charge >= 0.3 is 0 Å². The number of furan rings is 1. The van der Waals surface area contributed by atoms with E-state index < -0.39 is 0 Å². The van der Waals surface area contributed by atoms with Gasteiger partial charge in [0.15, 0.2) is 0 Å². The van der Waals surface area contributed by atoms with Crippen LogP contribution in [0, 0.1) is 13.8 Å². The van der Waals surface area contributed by atoms with Gasteiger partial charge in [-0.15, -0.1) is 0 Å². The Morgan fingerprint density at radius 3 is 2.48 bits per heavy atom. The lowest BCUT2D eigenvalue weighted by atomic mass is 10.1. The van der Waals surface area contributed by atoms with E-state index in [9.17, 15) is 9.59 Å². The summed E-state index contributed by atoms with van der Waals surface area (Å²) in [5, 5.41) is 2.86. The lowest BCUT2D eigenvalue weighted by Crippen LogP contribution is -2.39. The van der Waals surface area contributed by atoms with Gasteiger partial charge in [0.2, 0.25) is 5.91 Å². The van der Waals surface area contributed by atoms with Gasteiger partial charge in [-0.2, -0.15) is 0 Å². The molecule has 2 amide bonds. The third-order valence-electron chi connectivity index (χ3n) is 3.97. The van der Waals surface area contributed by atoms with Crippen molar-refractivity contribution in [3.8, 4) is 0 Å². The van der Waals surface area contributed by atoms with E-state index in [1.54, 1.807) is 30.3 Å². The van der Waals surface area contributed by atoms with Gasteiger partial charge in [0.25, 0.3) is 5.91 Å². The van der Waals surface area contributed by atoms with E-state index >= 15 is 0 Å². The minimum Gasteiger partial charge on any atom is -0.466 e. The summed E-state index contributed by atoms with van der Waals surface area (Å²) in [5.74, 6) is 1.12. The molecule has 6 nitrogen and oxygen atoms in total. The first-order chi connectivity index (χ1) is 11.9. The van der Waals surface area contributed by atoms with E-state index in [0.717, 1.165) is 5.56 Å². The standard InChI is InChI=1S/C19H25N3O3/c1-13(2)22(19(24)17-11-14(3)25-15(17)4)10-7-18(23)21-12-16-5-8-20-9-6-16/h5-6,8-9,11,13H,7,10,12H2,1-4H3,(H,21,23). The number of aromatic nitrogens is 1. The summed E-state index contributed by atoms with van der Waals surface area (Å²) in [7, 11) is 0. The number of carbonyl (C=O) groups is 2. The van der Waals surface area contributed by atoms with Crippen molar-refractivity contribution in [2.75, 3.05) is 6.54 Å². The molecule has 0 aliphatic rings. The molecule has 2 rings (SSSR count). The number of nitrogens with zero attached hydrogens (tertiary/aromatic N) is 2. The van der Waals surface area contributed by atoms with Crippen LogP contribution in [0.5, 0.6) is 0 Å². The highest BCUT2D eigenvalue weighted by atomic mass is 16.3. The number of carbonyl (C=O) groups excluding carboxylic acids is 2. The van der Waals surface area contributed by atoms with E-state index in [0.29, 0.717) is 30.2 Å². The summed E-state index contributed by atoms with van der Waals surface area (Å²) in [6.45, 7) is 8.29. The summed E-state index contributed by atoms with van der Waals surface area (Å²) in [6.07, 6.45) is 3.64. The highest BCUT2D eigenvalue weighted by molar-refractivity contribution is 5.95. The number of nitrogens with one attached hydrogen (secondary N) is 1. The molecule has 25 heavy (non-hydrogen) atoms. The van der Waals surface area contributed by atoms with Crippen molar-refractivity contribution in [2.45, 2.75) is 46.7 Å². The highest BCUT2D eigenvalue weighted by Crippen LogP contribution is 2.17. The Morgan fingerprint density at radius 1 is 1.24 bits per heavy atom. The van der Waals surface area contributed by atoms with Crippen LogP contribution in [0.3, 0.4) is 0 Å². The Morgan fingerprint density at radius 2 is 1.92 bits per heavy atom. The molecule has 0 bridgehead atoms. The zero-order chi connectivity index (χ0) is 18.4. The summed E-state index contributed by atoms with van der Waals surface area (Å²) < 4.78 is 5.45. The van der Waals surface area contributed by atoms with E-state index in [-0.39, 0.29) is 24.3 Å². The maximum Gasteiger partial charge on any atom is 0.257 e. The van der Waals surface area contributed by atoms with Gasteiger partial charge < -0.3 is 14.6 Å². The fraction of sp³-hybridized carbons (Fsp3) is 0.421. The van der Waals surface area contributed by atoms with E-state index in [2.05, 4.69) is 10.3 Å². The fourth-order valence-corrected chi connectivity index (χ4v) is 2.60. The van der Waals surface area contributed by atoms with Gasteiger partial charge in [0.05, 0.1) is 5.56 Å². The smallest absolute Gasteiger partial charge is 0.257 e. The molecule has 2 aromatic rings. The molecule has 0 aliphatic carbocycles. The first kappa shape index (κ1) is 18.7. The predicted octanol–water partition coefficient (Wildman–Crippen LogP) is 2.85. The minimum absolute atomic E-state index is 0.00453. The Balaban J connectivity index is 1.92. The molecular weight excluding hydrogens is 318 g/mol. The third-order valence-corrected chi connectivity index (χ3v) is 3.97. The van der Waals surface area contributed by atoms with Crippen molar-refractivity contribution in [1.82, 2.24) is 15.2 Å². The van der Waals surface area contributed by atoms with Crippen molar-refractivity contribution >= 4 is 11.8 Å². The number of pyridine rings is 1. The van der Waals surface area contributed by atoms with Crippen LogP contribution in [-0.2, 0) is 11.3 Å². The van der Waals surface area contributed by atoms with Crippen molar-refractivity contribution in [3.05, 3.63) is 53.2 Å². The van der Waals surface area contributed by atoms with Crippen LogP contribution in [0.2, 0.25) is 0 Å². The molecule has 0 spiro atoms. The van der Waals surface area contributed by atoms with Crippen LogP contribution in [0.15, 0.2) is 35.0 Å². The topological polar surface area (TPSA) is 75.4 Å². The minimum atomic E-state index is -0.105. The number of aryl methyl sites for hydroxylation is 2. The highest BCUT2D eigenvalue weighted by Gasteiger charge is 2.23. The average Bonchev–Trinajstić information content (AvgIpc) is 2.92. The number of hydrogen-bond donors (Lipinski definition) is 1. The lowest BCUT2D eigenvalue weighted by molar-refractivity contribution is -0.121. The molecule has 0 radical (unpaired) electrons. The largest absolute Gasteiger partial charge is 0.466 e. The SMILES string of the molecule is Cc1cc(C(=O)N(CCC(=O)NCc2ccncc2)C(C)C)c(C)o1. The number of rotatable bonds is 7. The summed E-state index contributed by atoms with van der Waals surface area (Å²) in [5.41, 5.74) is 1.55. The zero-order valence-corrected chi connectivity index (χ0v) is 15.2. The molecule has 0 saturated heterocycles. The predicted molar refractivity (Wildman–Crippen MR) is 95.1 cm³/mol.